The van der Waals surface area contributed by atoms with Crippen LogP contribution < -0.4 is 10.5 Å². The minimum absolute atomic E-state index is 0.343. The lowest BCUT2D eigenvalue weighted by Gasteiger charge is -2.05. The van der Waals surface area contributed by atoms with E-state index in [0.717, 1.165) is 0 Å². The molecule has 88 valence electrons. The summed E-state index contributed by atoms with van der Waals surface area (Å²) in [6.07, 6.45) is 1.41. The molecule has 5 heteroatoms. The number of carbonyl (C=O) groups excluding carboxylic acids is 1. The van der Waals surface area contributed by atoms with Crippen molar-refractivity contribution in [2.24, 2.45) is 5.73 Å². The lowest BCUT2D eigenvalue weighted by atomic mass is 10.2. The fraction of sp³-hybridized carbons (Fsp3) is 0. The van der Waals surface area contributed by atoms with Gasteiger partial charge >= 0.3 is 0 Å². The molecule has 2 aromatic rings. The Hall–Kier alpha value is -2.87. The van der Waals surface area contributed by atoms with E-state index in [0.29, 0.717) is 22.8 Å². The van der Waals surface area contributed by atoms with Gasteiger partial charge in [0.2, 0.25) is 11.8 Å². The summed E-state index contributed by atoms with van der Waals surface area (Å²) in [4.78, 5) is 15.0. The van der Waals surface area contributed by atoms with Crippen LogP contribution in [0.2, 0.25) is 0 Å². The summed E-state index contributed by atoms with van der Waals surface area (Å²) in [7, 11) is 0. The number of pyridine rings is 1. The minimum atomic E-state index is -0.520. The molecule has 18 heavy (non-hydrogen) atoms. The van der Waals surface area contributed by atoms with Crippen LogP contribution >= 0.6 is 0 Å². The van der Waals surface area contributed by atoms with Crippen LogP contribution in [0.15, 0.2) is 42.6 Å². The number of carbonyl (C=O) groups is 1. The largest absolute Gasteiger partial charge is 0.439 e. The molecular formula is C13H9N3O2. The molecule has 0 aliphatic carbocycles. The monoisotopic (exact) mass is 239 g/mol. The highest BCUT2D eigenvalue weighted by Crippen LogP contribution is 2.20. The topological polar surface area (TPSA) is 89.0 Å². The van der Waals surface area contributed by atoms with E-state index in [9.17, 15) is 4.79 Å². The molecule has 1 heterocycles. The predicted molar refractivity (Wildman–Crippen MR) is 64.0 cm³/mol. The first-order valence-electron chi connectivity index (χ1n) is 5.13. The third kappa shape index (κ3) is 2.62. The Morgan fingerprint density at radius 1 is 1.33 bits per heavy atom. The fourth-order valence-corrected chi connectivity index (χ4v) is 1.34. The molecule has 0 saturated carbocycles. The zero-order valence-corrected chi connectivity index (χ0v) is 9.33. The van der Waals surface area contributed by atoms with E-state index in [1.54, 1.807) is 30.3 Å². The highest BCUT2D eigenvalue weighted by atomic mass is 16.5. The Balaban J connectivity index is 2.20. The quantitative estimate of drug-likeness (QED) is 0.884. The zero-order chi connectivity index (χ0) is 13.0. The van der Waals surface area contributed by atoms with Gasteiger partial charge in [-0.3, -0.25) is 4.79 Å². The molecular weight excluding hydrogens is 230 g/mol. The highest BCUT2D eigenvalue weighted by molar-refractivity contribution is 5.93. The molecule has 0 atom stereocenters. The van der Waals surface area contributed by atoms with Gasteiger partial charge in [-0.05, 0) is 24.3 Å². The SMILES string of the molecule is N#Cc1ccc(Oc2cccc(C(N)=O)c2)nc1. The van der Waals surface area contributed by atoms with Gasteiger partial charge in [-0.1, -0.05) is 6.07 Å². The fourth-order valence-electron chi connectivity index (χ4n) is 1.34. The summed E-state index contributed by atoms with van der Waals surface area (Å²) < 4.78 is 5.44. The molecule has 0 spiro atoms. The number of hydrogen-bond acceptors (Lipinski definition) is 4. The van der Waals surface area contributed by atoms with Crippen LogP contribution in [-0.4, -0.2) is 10.9 Å². The van der Waals surface area contributed by atoms with E-state index in [-0.39, 0.29) is 0 Å². The number of benzene rings is 1. The number of aromatic nitrogens is 1. The normalized spacial score (nSPS) is 9.50. The zero-order valence-electron chi connectivity index (χ0n) is 9.33. The third-order valence-electron chi connectivity index (χ3n) is 2.21. The van der Waals surface area contributed by atoms with Crippen molar-refractivity contribution in [3.63, 3.8) is 0 Å². The van der Waals surface area contributed by atoms with E-state index in [1.807, 2.05) is 6.07 Å². The maximum atomic E-state index is 11.0. The molecule has 0 bridgehead atoms. The summed E-state index contributed by atoms with van der Waals surface area (Å²) in [6.45, 7) is 0. The van der Waals surface area contributed by atoms with Crippen LogP contribution in [0.25, 0.3) is 0 Å². The lowest BCUT2D eigenvalue weighted by Crippen LogP contribution is -2.10. The van der Waals surface area contributed by atoms with Crippen molar-refractivity contribution < 1.29 is 9.53 Å². The Morgan fingerprint density at radius 3 is 2.78 bits per heavy atom. The average molecular weight is 239 g/mol. The Kier molecular flexibility index (Phi) is 3.21. The van der Waals surface area contributed by atoms with Crippen molar-refractivity contribution in [3.8, 4) is 17.7 Å². The van der Waals surface area contributed by atoms with E-state index < -0.39 is 5.91 Å². The van der Waals surface area contributed by atoms with Crippen molar-refractivity contribution in [1.82, 2.24) is 4.98 Å². The summed E-state index contributed by atoms with van der Waals surface area (Å²) >= 11 is 0. The van der Waals surface area contributed by atoms with Gasteiger partial charge in [-0.2, -0.15) is 5.26 Å². The Morgan fingerprint density at radius 2 is 2.17 bits per heavy atom. The molecule has 0 aliphatic rings. The van der Waals surface area contributed by atoms with Crippen LogP contribution in [0.5, 0.6) is 11.6 Å². The second kappa shape index (κ2) is 4.97. The van der Waals surface area contributed by atoms with Crippen LogP contribution in [-0.2, 0) is 0 Å². The van der Waals surface area contributed by atoms with Gasteiger partial charge in [0.15, 0.2) is 0 Å². The number of ether oxygens (including phenoxy) is 1. The van der Waals surface area contributed by atoms with Gasteiger partial charge in [0.1, 0.15) is 11.8 Å². The average Bonchev–Trinajstić information content (AvgIpc) is 2.40. The summed E-state index contributed by atoms with van der Waals surface area (Å²) in [5, 5.41) is 8.63. The first-order chi connectivity index (χ1) is 8.69. The number of hydrogen-bond donors (Lipinski definition) is 1. The highest BCUT2D eigenvalue weighted by Gasteiger charge is 2.03. The molecule has 2 N–H and O–H groups in total. The van der Waals surface area contributed by atoms with Gasteiger partial charge in [0.25, 0.3) is 0 Å². The van der Waals surface area contributed by atoms with Crippen molar-refractivity contribution in [3.05, 3.63) is 53.7 Å². The van der Waals surface area contributed by atoms with E-state index in [4.69, 9.17) is 15.7 Å². The number of nitrogens with two attached hydrogens (primary N) is 1. The van der Waals surface area contributed by atoms with Gasteiger partial charge < -0.3 is 10.5 Å². The minimum Gasteiger partial charge on any atom is -0.439 e. The number of amides is 1. The molecule has 1 aromatic heterocycles. The molecule has 0 fully saturated rings. The summed E-state index contributed by atoms with van der Waals surface area (Å²) in [5.74, 6) is 0.285. The molecule has 0 saturated heterocycles. The predicted octanol–water partition coefficient (Wildman–Crippen LogP) is 1.84. The van der Waals surface area contributed by atoms with E-state index in [2.05, 4.69) is 4.98 Å². The maximum absolute atomic E-state index is 11.0. The molecule has 0 aliphatic heterocycles. The molecule has 0 unspecified atom stereocenters. The van der Waals surface area contributed by atoms with E-state index in [1.165, 1.54) is 12.3 Å². The van der Waals surface area contributed by atoms with Gasteiger partial charge in [0.05, 0.1) is 5.56 Å². The second-order valence-electron chi connectivity index (χ2n) is 3.49. The van der Waals surface area contributed by atoms with Gasteiger partial charge in [0, 0.05) is 17.8 Å². The standard InChI is InChI=1S/C13H9N3O2/c14-7-9-4-5-12(16-8-9)18-11-3-1-2-10(6-11)13(15)17/h1-6,8H,(H2,15,17). The number of nitriles is 1. The Bertz CT molecular complexity index is 615. The first kappa shape index (κ1) is 11.6. The Labute approximate surface area is 103 Å². The molecule has 1 aromatic carbocycles. The van der Waals surface area contributed by atoms with Crippen molar-refractivity contribution in [2.75, 3.05) is 0 Å². The second-order valence-corrected chi connectivity index (χ2v) is 3.49. The van der Waals surface area contributed by atoms with Crippen molar-refractivity contribution >= 4 is 5.91 Å². The first-order valence-corrected chi connectivity index (χ1v) is 5.13. The van der Waals surface area contributed by atoms with Crippen LogP contribution in [0.1, 0.15) is 15.9 Å². The lowest BCUT2D eigenvalue weighted by molar-refractivity contribution is 0.1000. The van der Waals surface area contributed by atoms with Crippen molar-refractivity contribution in [1.29, 1.82) is 5.26 Å². The summed E-state index contributed by atoms with van der Waals surface area (Å²) in [6, 6.07) is 11.6. The number of rotatable bonds is 3. The van der Waals surface area contributed by atoms with Crippen LogP contribution in [0, 0.1) is 11.3 Å². The van der Waals surface area contributed by atoms with Crippen LogP contribution in [0.3, 0.4) is 0 Å². The molecule has 5 nitrogen and oxygen atoms in total. The van der Waals surface area contributed by atoms with E-state index >= 15 is 0 Å². The molecule has 2 rings (SSSR count). The molecule has 1 amide bonds. The van der Waals surface area contributed by atoms with Gasteiger partial charge in [-0.25, -0.2) is 4.98 Å². The third-order valence-corrected chi connectivity index (χ3v) is 2.21. The maximum Gasteiger partial charge on any atom is 0.248 e. The summed E-state index contributed by atoms with van der Waals surface area (Å²) in [5.41, 5.74) is 5.98. The number of nitrogens with zero attached hydrogens (tertiary/aromatic N) is 2. The van der Waals surface area contributed by atoms with Gasteiger partial charge in [-0.15, -0.1) is 0 Å². The van der Waals surface area contributed by atoms with Crippen molar-refractivity contribution in [2.45, 2.75) is 0 Å². The van der Waals surface area contributed by atoms with Crippen LogP contribution in [0.4, 0.5) is 0 Å². The smallest absolute Gasteiger partial charge is 0.248 e. The molecule has 0 radical (unpaired) electrons. The number of primary amides is 1.